The standard InChI is InChI=1S/C14H9NO3/c15-13(16)12-10(14(17)18)6-5-9-7-3-1-2-4-8(7)11(9)12/h1-6H,(H2,15,16)(H,17,18). The van der Waals surface area contributed by atoms with Gasteiger partial charge in [-0.2, -0.15) is 0 Å². The van der Waals surface area contributed by atoms with Crippen LogP contribution in [0.4, 0.5) is 0 Å². The number of primary amides is 1. The van der Waals surface area contributed by atoms with Gasteiger partial charge < -0.3 is 10.8 Å². The van der Waals surface area contributed by atoms with Crippen LogP contribution in [0.25, 0.3) is 22.3 Å². The lowest BCUT2D eigenvalue weighted by Gasteiger charge is -2.26. The van der Waals surface area contributed by atoms with Crippen LogP contribution >= 0.6 is 0 Å². The normalized spacial score (nSPS) is 11.1. The number of nitrogens with two attached hydrogens (primary N) is 1. The van der Waals surface area contributed by atoms with Crippen LogP contribution in [0, 0.1) is 0 Å². The first-order valence-corrected chi connectivity index (χ1v) is 5.41. The molecule has 0 spiro atoms. The number of carboxylic acid groups (broad SMARTS) is 1. The van der Waals surface area contributed by atoms with Crippen molar-refractivity contribution in [1.29, 1.82) is 0 Å². The fourth-order valence-corrected chi connectivity index (χ4v) is 2.41. The Bertz CT molecular complexity index is 704. The van der Waals surface area contributed by atoms with E-state index >= 15 is 0 Å². The van der Waals surface area contributed by atoms with E-state index in [1.807, 2.05) is 24.3 Å². The van der Waals surface area contributed by atoms with Crippen LogP contribution < -0.4 is 5.73 Å². The molecule has 88 valence electrons. The van der Waals surface area contributed by atoms with Crippen LogP contribution in [0.5, 0.6) is 0 Å². The van der Waals surface area contributed by atoms with Gasteiger partial charge >= 0.3 is 5.97 Å². The number of fused-ring (bicyclic) bond motifs is 4. The second-order valence-electron chi connectivity index (χ2n) is 4.13. The molecular weight excluding hydrogens is 230 g/mol. The summed E-state index contributed by atoms with van der Waals surface area (Å²) in [5, 5.41) is 9.09. The zero-order valence-corrected chi connectivity index (χ0v) is 9.31. The molecule has 2 aromatic rings. The molecule has 0 saturated carbocycles. The summed E-state index contributed by atoms with van der Waals surface area (Å²) in [5.74, 6) is -1.85. The van der Waals surface area contributed by atoms with Crippen molar-refractivity contribution in [2.24, 2.45) is 5.73 Å². The maximum Gasteiger partial charge on any atom is 0.336 e. The van der Waals surface area contributed by atoms with Gasteiger partial charge in [0.05, 0.1) is 11.1 Å². The lowest BCUT2D eigenvalue weighted by Crippen LogP contribution is -2.20. The minimum Gasteiger partial charge on any atom is -0.478 e. The third-order valence-corrected chi connectivity index (χ3v) is 3.17. The van der Waals surface area contributed by atoms with Crippen molar-refractivity contribution in [1.82, 2.24) is 0 Å². The van der Waals surface area contributed by atoms with Crippen LogP contribution in [0.15, 0.2) is 36.4 Å². The molecule has 4 nitrogen and oxygen atoms in total. The van der Waals surface area contributed by atoms with Crippen molar-refractivity contribution in [2.75, 3.05) is 0 Å². The molecule has 0 heterocycles. The molecule has 2 aromatic carbocycles. The van der Waals surface area contributed by atoms with Gasteiger partial charge in [0.15, 0.2) is 0 Å². The van der Waals surface area contributed by atoms with Gasteiger partial charge in [0, 0.05) is 5.56 Å². The maximum atomic E-state index is 11.5. The monoisotopic (exact) mass is 239 g/mol. The number of hydrogen-bond acceptors (Lipinski definition) is 2. The molecule has 0 unspecified atom stereocenters. The summed E-state index contributed by atoms with van der Waals surface area (Å²) in [6.07, 6.45) is 0. The topological polar surface area (TPSA) is 80.4 Å². The highest BCUT2D eigenvalue weighted by molar-refractivity contribution is 6.17. The third kappa shape index (κ3) is 1.20. The first kappa shape index (κ1) is 10.5. The molecule has 0 atom stereocenters. The Hall–Kier alpha value is -2.62. The van der Waals surface area contributed by atoms with E-state index in [0.29, 0.717) is 5.56 Å². The smallest absolute Gasteiger partial charge is 0.336 e. The lowest BCUT2D eigenvalue weighted by molar-refractivity contribution is 0.0692. The number of aromatic carboxylic acids is 1. The van der Waals surface area contributed by atoms with Gasteiger partial charge in [0.1, 0.15) is 0 Å². The molecular formula is C14H9NO3. The van der Waals surface area contributed by atoms with Crippen molar-refractivity contribution in [3.05, 3.63) is 47.5 Å². The van der Waals surface area contributed by atoms with E-state index in [1.165, 1.54) is 6.07 Å². The predicted octanol–water partition coefficient (Wildman–Crippen LogP) is 2.13. The second kappa shape index (κ2) is 3.43. The van der Waals surface area contributed by atoms with E-state index in [1.54, 1.807) is 6.07 Å². The van der Waals surface area contributed by atoms with Gasteiger partial charge in [-0.3, -0.25) is 4.79 Å². The van der Waals surface area contributed by atoms with Gasteiger partial charge in [0.25, 0.3) is 0 Å². The second-order valence-corrected chi connectivity index (χ2v) is 4.13. The minimum atomic E-state index is -1.14. The Balaban J connectivity index is 2.33. The Kier molecular flexibility index (Phi) is 2.01. The summed E-state index contributed by atoms with van der Waals surface area (Å²) in [5.41, 5.74) is 8.79. The molecule has 1 aliphatic carbocycles. The quantitative estimate of drug-likeness (QED) is 0.718. The Morgan fingerprint density at radius 1 is 0.944 bits per heavy atom. The van der Waals surface area contributed by atoms with Crippen molar-refractivity contribution < 1.29 is 14.7 Å². The number of benzene rings is 2. The molecule has 3 N–H and O–H groups in total. The molecule has 0 fully saturated rings. The number of hydrogen-bond donors (Lipinski definition) is 2. The average molecular weight is 239 g/mol. The van der Waals surface area contributed by atoms with Crippen molar-refractivity contribution in [3.8, 4) is 22.3 Å². The highest BCUT2D eigenvalue weighted by atomic mass is 16.4. The number of amides is 1. The van der Waals surface area contributed by atoms with E-state index in [9.17, 15) is 9.59 Å². The first-order chi connectivity index (χ1) is 8.61. The predicted molar refractivity (Wildman–Crippen MR) is 66.3 cm³/mol. The van der Waals surface area contributed by atoms with Gasteiger partial charge in [-0.25, -0.2) is 4.79 Å². The fourth-order valence-electron chi connectivity index (χ4n) is 2.41. The average Bonchev–Trinajstić information content (AvgIpc) is 2.33. The van der Waals surface area contributed by atoms with E-state index in [-0.39, 0.29) is 11.1 Å². The zero-order chi connectivity index (χ0) is 12.9. The molecule has 1 aliphatic rings. The zero-order valence-electron chi connectivity index (χ0n) is 9.31. The molecule has 0 aliphatic heterocycles. The number of carbonyl (C=O) groups is 2. The van der Waals surface area contributed by atoms with Gasteiger partial charge in [-0.05, 0) is 22.8 Å². The van der Waals surface area contributed by atoms with Crippen LogP contribution in [0.2, 0.25) is 0 Å². The number of carboxylic acids is 1. The summed E-state index contributed by atoms with van der Waals surface area (Å²) >= 11 is 0. The molecule has 3 rings (SSSR count). The minimum absolute atomic E-state index is 0.0456. The first-order valence-electron chi connectivity index (χ1n) is 5.41. The Labute approximate surface area is 103 Å². The van der Waals surface area contributed by atoms with Crippen molar-refractivity contribution in [2.45, 2.75) is 0 Å². The number of carbonyl (C=O) groups excluding carboxylic acids is 1. The van der Waals surface area contributed by atoms with Crippen LogP contribution in [-0.4, -0.2) is 17.0 Å². The lowest BCUT2D eigenvalue weighted by atomic mass is 9.76. The fraction of sp³-hybridized carbons (Fsp3) is 0. The van der Waals surface area contributed by atoms with Crippen molar-refractivity contribution >= 4 is 11.9 Å². The van der Waals surface area contributed by atoms with Crippen LogP contribution in [-0.2, 0) is 0 Å². The third-order valence-electron chi connectivity index (χ3n) is 3.17. The summed E-state index contributed by atoms with van der Waals surface area (Å²) in [6, 6.07) is 10.7. The SMILES string of the molecule is NC(=O)c1c(C(=O)O)ccc2c1-c1ccccc1-2. The molecule has 0 aromatic heterocycles. The summed E-state index contributed by atoms with van der Waals surface area (Å²) in [4.78, 5) is 22.6. The van der Waals surface area contributed by atoms with E-state index in [0.717, 1.165) is 16.7 Å². The highest BCUT2D eigenvalue weighted by Gasteiger charge is 2.30. The van der Waals surface area contributed by atoms with E-state index in [4.69, 9.17) is 10.8 Å². The summed E-state index contributed by atoms with van der Waals surface area (Å²) in [6.45, 7) is 0. The molecule has 1 amide bonds. The Morgan fingerprint density at radius 3 is 2.22 bits per heavy atom. The molecule has 4 heteroatoms. The Morgan fingerprint density at radius 2 is 1.61 bits per heavy atom. The van der Waals surface area contributed by atoms with Crippen LogP contribution in [0.3, 0.4) is 0 Å². The van der Waals surface area contributed by atoms with Gasteiger partial charge in [0.2, 0.25) is 5.91 Å². The molecule has 18 heavy (non-hydrogen) atoms. The number of rotatable bonds is 2. The largest absolute Gasteiger partial charge is 0.478 e. The summed E-state index contributed by atoms with van der Waals surface area (Å²) in [7, 11) is 0. The molecule has 0 bridgehead atoms. The van der Waals surface area contributed by atoms with Gasteiger partial charge in [-0.15, -0.1) is 0 Å². The molecule has 0 radical (unpaired) electrons. The van der Waals surface area contributed by atoms with Crippen LogP contribution in [0.1, 0.15) is 20.7 Å². The highest BCUT2D eigenvalue weighted by Crippen LogP contribution is 2.49. The van der Waals surface area contributed by atoms with E-state index in [2.05, 4.69) is 0 Å². The molecule has 0 saturated heterocycles. The van der Waals surface area contributed by atoms with Gasteiger partial charge in [-0.1, -0.05) is 30.3 Å². The van der Waals surface area contributed by atoms with Crippen molar-refractivity contribution in [3.63, 3.8) is 0 Å². The summed E-state index contributed by atoms with van der Waals surface area (Å²) < 4.78 is 0. The maximum absolute atomic E-state index is 11.5. The van der Waals surface area contributed by atoms with E-state index < -0.39 is 11.9 Å².